The number of hydrogen-bond acceptors (Lipinski definition) is 0. The molecule has 0 atom stereocenters. The standard InChI is InChI=1S/C13H9.C5H5.C3H7.2ClH.Ti/c1-3-7-12-10(5-1)9-11-6-2-4-8-13(11)12;1-2-4-5-3-1;1-3-2;;;/h1-9H;1-3H,4H2;3H,1-2H3;2*1H;/q3*-1;;;+2/p-2. The van der Waals surface area contributed by atoms with Gasteiger partial charge in [0.1, 0.15) is 0 Å². The van der Waals surface area contributed by atoms with Crippen molar-refractivity contribution < 1.29 is 46.5 Å². The molecule has 3 aromatic carbocycles. The fourth-order valence-corrected chi connectivity index (χ4v) is 2.24. The van der Waals surface area contributed by atoms with Gasteiger partial charge >= 0.3 is 21.7 Å². The van der Waals surface area contributed by atoms with Crippen molar-refractivity contribution >= 4 is 21.5 Å². The molecule has 1 aliphatic rings. The summed E-state index contributed by atoms with van der Waals surface area (Å²) in [5.74, 6) is 0. The molecule has 0 aromatic heterocycles. The van der Waals surface area contributed by atoms with Crippen LogP contribution in [0.4, 0.5) is 0 Å². The maximum Gasteiger partial charge on any atom is 2.00 e. The Labute approximate surface area is 173 Å². The number of rotatable bonds is 0. The van der Waals surface area contributed by atoms with Gasteiger partial charge in [0.25, 0.3) is 0 Å². The van der Waals surface area contributed by atoms with E-state index in [4.69, 9.17) is 0 Å². The zero-order valence-electron chi connectivity index (χ0n) is 14.0. The van der Waals surface area contributed by atoms with Gasteiger partial charge in [-0.15, -0.1) is 46.2 Å². The Morgan fingerprint density at radius 3 is 1.67 bits per heavy atom. The first-order chi connectivity index (χ1) is 10.4. The quantitative estimate of drug-likeness (QED) is 0.380. The maximum atomic E-state index is 2.99. The Hall–Kier alpha value is -0.916. The number of halogens is 2. The second-order valence-electron chi connectivity index (χ2n) is 4.90. The van der Waals surface area contributed by atoms with Crippen molar-refractivity contribution in [3.63, 3.8) is 0 Å². The fourth-order valence-electron chi connectivity index (χ4n) is 2.24. The van der Waals surface area contributed by atoms with Crippen LogP contribution >= 0.6 is 0 Å². The summed E-state index contributed by atoms with van der Waals surface area (Å²) in [5.41, 5.74) is 0. The van der Waals surface area contributed by atoms with Crippen molar-refractivity contribution in [1.29, 1.82) is 0 Å². The smallest absolute Gasteiger partial charge is 1.00 e. The summed E-state index contributed by atoms with van der Waals surface area (Å²) in [6.45, 7) is 4.00. The van der Waals surface area contributed by atoms with Crippen molar-refractivity contribution in [1.82, 2.24) is 0 Å². The predicted octanol–water partition coefficient (Wildman–Crippen LogP) is 0.254. The normalized spacial score (nSPS) is 10.4. The van der Waals surface area contributed by atoms with E-state index < -0.39 is 0 Å². The molecule has 24 heavy (non-hydrogen) atoms. The topological polar surface area (TPSA) is 0 Å². The van der Waals surface area contributed by atoms with Gasteiger partial charge in [-0.05, 0) is 0 Å². The van der Waals surface area contributed by atoms with Gasteiger partial charge in [-0.1, -0.05) is 36.4 Å². The number of hydrogen-bond donors (Lipinski definition) is 0. The minimum absolute atomic E-state index is 0. The molecule has 4 rings (SSSR count). The second-order valence-corrected chi connectivity index (χ2v) is 4.90. The van der Waals surface area contributed by atoms with E-state index in [1.807, 2.05) is 32.4 Å². The zero-order valence-corrected chi connectivity index (χ0v) is 17.0. The van der Waals surface area contributed by atoms with Crippen LogP contribution in [-0.2, 0) is 21.7 Å². The Morgan fingerprint density at radius 1 is 0.875 bits per heavy atom. The van der Waals surface area contributed by atoms with E-state index in [0.717, 1.165) is 6.42 Å². The van der Waals surface area contributed by atoms with Gasteiger partial charge in [0, 0.05) is 0 Å². The Morgan fingerprint density at radius 2 is 1.33 bits per heavy atom. The molecule has 0 spiro atoms. The number of allylic oxidation sites excluding steroid dienone is 4. The van der Waals surface area contributed by atoms with E-state index in [0.29, 0.717) is 0 Å². The van der Waals surface area contributed by atoms with Crippen molar-refractivity contribution in [2.45, 2.75) is 20.3 Å². The molecule has 126 valence electrons. The van der Waals surface area contributed by atoms with E-state index in [-0.39, 0.29) is 46.5 Å². The van der Waals surface area contributed by atoms with Crippen LogP contribution in [0.25, 0.3) is 21.5 Å². The van der Waals surface area contributed by atoms with E-state index in [1.165, 1.54) is 21.5 Å². The summed E-state index contributed by atoms with van der Waals surface area (Å²) in [7, 11) is 0. The Kier molecular flexibility index (Phi) is 15.2. The van der Waals surface area contributed by atoms with E-state index in [1.54, 1.807) is 0 Å². The molecule has 0 nitrogen and oxygen atoms in total. The zero-order chi connectivity index (χ0) is 14.9. The monoisotopic (exact) mass is 391 g/mol. The molecule has 0 heterocycles. The molecule has 3 aromatic rings. The van der Waals surface area contributed by atoms with Gasteiger partial charge in [0.15, 0.2) is 0 Å². The summed E-state index contributed by atoms with van der Waals surface area (Å²) in [6, 6.07) is 19.3. The van der Waals surface area contributed by atoms with Crippen molar-refractivity contribution in [3.05, 3.63) is 85.3 Å². The summed E-state index contributed by atoms with van der Waals surface area (Å²) < 4.78 is 0. The second kappa shape index (κ2) is 14.4. The molecule has 0 N–H and O–H groups in total. The molecule has 0 saturated heterocycles. The van der Waals surface area contributed by atoms with Crippen LogP contribution in [0.1, 0.15) is 20.3 Å². The van der Waals surface area contributed by atoms with E-state index in [2.05, 4.69) is 66.7 Å². The third-order valence-corrected chi connectivity index (χ3v) is 3.11. The Bertz CT molecular complexity index is 681. The summed E-state index contributed by atoms with van der Waals surface area (Å²) >= 11 is 0. The molecule has 3 heteroatoms. The molecule has 1 aliphatic carbocycles. The van der Waals surface area contributed by atoms with Gasteiger partial charge < -0.3 is 31.2 Å². The average Bonchev–Trinajstić information content (AvgIpc) is 3.19. The molecular weight excluding hydrogens is 371 g/mol. The molecular formula is C21H21Cl2Ti-3. The van der Waals surface area contributed by atoms with Crippen LogP contribution < -0.4 is 24.8 Å². The van der Waals surface area contributed by atoms with Gasteiger partial charge in [0.2, 0.25) is 0 Å². The predicted molar refractivity (Wildman–Crippen MR) is 94.3 cm³/mol. The van der Waals surface area contributed by atoms with Crippen LogP contribution in [0.5, 0.6) is 0 Å². The maximum absolute atomic E-state index is 2.99. The molecule has 0 bridgehead atoms. The van der Waals surface area contributed by atoms with Crippen LogP contribution in [0.2, 0.25) is 0 Å². The first kappa shape index (κ1) is 25.3. The molecule has 0 unspecified atom stereocenters. The van der Waals surface area contributed by atoms with Crippen LogP contribution in [-0.4, -0.2) is 0 Å². The Balaban J connectivity index is 0. The van der Waals surface area contributed by atoms with Gasteiger partial charge in [0.05, 0.1) is 0 Å². The molecule has 0 amide bonds. The number of benzene rings is 2. The van der Waals surface area contributed by atoms with Crippen LogP contribution in [0, 0.1) is 12.5 Å². The van der Waals surface area contributed by atoms with Crippen molar-refractivity contribution in [2.24, 2.45) is 0 Å². The SMILES string of the molecule is C[CH-]C.[C-]1=CC=CC1.[Cl-].[Cl-].[Ti+2].c1ccc2c(c1)[cH-]c1ccccc12. The summed E-state index contributed by atoms with van der Waals surface area (Å²) in [6.07, 6.45) is 12.0. The van der Waals surface area contributed by atoms with Crippen molar-refractivity contribution in [2.75, 3.05) is 0 Å². The molecule has 0 aliphatic heterocycles. The van der Waals surface area contributed by atoms with Gasteiger partial charge in [-0.25, -0.2) is 12.2 Å². The van der Waals surface area contributed by atoms with Crippen molar-refractivity contribution in [3.8, 4) is 0 Å². The first-order valence-corrected chi connectivity index (χ1v) is 7.35. The third kappa shape index (κ3) is 7.32. The van der Waals surface area contributed by atoms with E-state index in [9.17, 15) is 0 Å². The number of fused-ring (bicyclic) bond motifs is 3. The molecule has 0 radical (unpaired) electrons. The summed E-state index contributed by atoms with van der Waals surface area (Å²) in [5, 5.41) is 5.39. The minimum Gasteiger partial charge on any atom is -1.00 e. The first-order valence-electron chi connectivity index (χ1n) is 7.35. The fraction of sp³-hybridized carbons (Fsp3) is 0.143. The largest absolute Gasteiger partial charge is 2.00 e. The molecule has 0 saturated carbocycles. The van der Waals surface area contributed by atoms with E-state index >= 15 is 0 Å². The van der Waals surface area contributed by atoms with Crippen LogP contribution in [0.15, 0.2) is 72.8 Å². The third-order valence-electron chi connectivity index (χ3n) is 3.11. The van der Waals surface area contributed by atoms with Gasteiger partial charge in [-0.3, -0.25) is 6.08 Å². The van der Waals surface area contributed by atoms with Crippen LogP contribution in [0.3, 0.4) is 0 Å². The summed E-state index contributed by atoms with van der Waals surface area (Å²) in [4.78, 5) is 0. The average molecular weight is 392 g/mol. The molecule has 0 fully saturated rings. The minimum atomic E-state index is 0. The van der Waals surface area contributed by atoms with Gasteiger partial charge in [-0.2, -0.15) is 19.9 Å².